The van der Waals surface area contributed by atoms with Gasteiger partial charge in [0.15, 0.2) is 11.9 Å². The molecular weight excluding hydrogens is 676 g/mol. The zero-order valence-electron chi connectivity index (χ0n) is 28.1. The standard InChI is InChI=1S/C36H40N6O10/c37-42-41-26-15-16-36(50-21-26,17-24-13-7-8-14-25(24)18-38-33(44)45)52-32-28(39-34(46)49-20-23-11-5-2-6-12-23)30(48-19-22-9-3-1-4-10-22)27-31(29(32)43)51-35(47)40-27/h1-14,26-32,38,43H,15-21H2,(H,39,46)(H,40,47)(H,44,45)/t26-,27+,28+,29+,30+,31-,32+,36-/m0/s1. The first-order valence-corrected chi connectivity index (χ1v) is 16.9. The number of azide groups is 1. The van der Waals surface area contributed by atoms with Crippen molar-refractivity contribution in [2.45, 2.75) is 87.3 Å². The van der Waals surface area contributed by atoms with E-state index in [1.165, 1.54) is 0 Å². The van der Waals surface area contributed by atoms with Gasteiger partial charge in [0, 0.05) is 24.3 Å². The third-order valence-corrected chi connectivity index (χ3v) is 9.37. The predicted octanol–water partition coefficient (Wildman–Crippen LogP) is 4.30. The Bertz CT molecular complexity index is 1740. The molecule has 2 heterocycles. The van der Waals surface area contributed by atoms with E-state index in [1.54, 1.807) is 18.2 Å². The predicted molar refractivity (Wildman–Crippen MR) is 183 cm³/mol. The molecule has 1 aliphatic carbocycles. The van der Waals surface area contributed by atoms with Crippen LogP contribution in [0.25, 0.3) is 10.4 Å². The van der Waals surface area contributed by atoms with E-state index in [0.29, 0.717) is 17.5 Å². The van der Waals surface area contributed by atoms with E-state index in [2.05, 4.69) is 26.0 Å². The van der Waals surface area contributed by atoms with Crippen molar-refractivity contribution < 1.29 is 48.3 Å². The maximum Gasteiger partial charge on any atom is 0.408 e. The number of amides is 3. The highest BCUT2D eigenvalue weighted by atomic mass is 16.7. The molecule has 0 spiro atoms. The second-order valence-electron chi connectivity index (χ2n) is 12.8. The number of aliphatic hydroxyl groups is 1. The summed E-state index contributed by atoms with van der Waals surface area (Å²) in [6.45, 7) is 0.0391. The normalized spacial score (nSPS) is 27.9. The van der Waals surface area contributed by atoms with Gasteiger partial charge in [-0.2, -0.15) is 0 Å². The molecule has 6 rings (SSSR count). The molecule has 52 heavy (non-hydrogen) atoms. The van der Waals surface area contributed by atoms with Crippen LogP contribution in [0, 0.1) is 0 Å². The van der Waals surface area contributed by atoms with E-state index in [0.717, 1.165) is 11.1 Å². The zero-order valence-corrected chi connectivity index (χ0v) is 28.1. The first-order chi connectivity index (χ1) is 25.2. The lowest BCUT2D eigenvalue weighted by Crippen LogP contribution is -2.71. The van der Waals surface area contributed by atoms with Crippen LogP contribution in [0.1, 0.15) is 35.1 Å². The molecule has 2 aliphatic heterocycles. The van der Waals surface area contributed by atoms with Crippen LogP contribution in [0.15, 0.2) is 90.0 Å². The lowest BCUT2D eigenvalue weighted by molar-refractivity contribution is -0.308. The maximum atomic E-state index is 13.5. The third-order valence-electron chi connectivity index (χ3n) is 9.37. The Kier molecular flexibility index (Phi) is 11.7. The molecule has 16 heteroatoms. The number of carbonyl (C=O) groups excluding carboxylic acids is 2. The second-order valence-corrected chi connectivity index (χ2v) is 12.8. The lowest BCUT2D eigenvalue weighted by atomic mass is 9.81. The fourth-order valence-corrected chi connectivity index (χ4v) is 6.83. The van der Waals surface area contributed by atoms with Gasteiger partial charge in [0.2, 0.25) is 0 Å². The fraction of sp³-hybridized carbons (Fsp3) is 0.417. The fourth-order valence-electron chi connectivity index (χ4n) is 6.83. The van der Waals surface area contributed by atoms with Crippen molar-refractivity contribution in [1.29, 1.82) is 0 Å². The van der Waals surface area contributed by atoms with Gasteiger partial charge in [0.05, 0.1) is 25.3 Å². The SMILES string of the molecule is [N-]=[N+]=N[C@H]1CC[C@@](Cc2ccccc2CNC(=O)O)(O[C@H]2[C@H](O)[C@H]3OC(=O)N[C@@H]3[C@@H](OCc3ccccc3)[C@H]2NC(=O)OCc2ccccc2)OC1. The van der Waals surface area contributed by atoms with E-state index in [4.69, 9.17) is 29.2 Å². The molecule has 3 fully saturated rings. The molecule has 1 saturated carbocycles. The van der Waals surface area contributed by atoms with Gasteiger partial charge in [-0.15, -0.1) is 0 Å². The van der Waals surface area contributed by atoms with E-state index >= 15 is 0 Å². The minimum absolute atomic E-state index is 0.00714. The number of hydrogen-bond donors (Lipinski definition) is 5. The van der Waals surface area contributed by atoms with Crippen LogP contribution in [-0.4, -0.2) is 83.4 Å². The number of ether oxygens (including phenoxy) is 5. The van der Waals surface area contributed by atoms with Crippen molar-refractivity contribution in [3.8, 4) is 0 Å². The van der Waals surface area contributed by atoms with Crippen molar-refractivity contribution >= 4 is 18.3 Å². The molecule has 0 radical (unpaired) electrons. The van der Waals surface area contributed by atoms with Gasteiger partial charge in [0.1, 0.15) is 31.0 Å². The summed E-state index contributed by atoms with van der Waals surface area (Å²) in [6.07, 6.45) is -7.04. The third kappa shape index (κ3) is 8.91. The van der Waals surface area contributed by atoms with Crippen molar-refractivity contribution in [2.75, 3.05) is 6.61 Å². The second kappa shape index (κ2) is 16.8. The summed E-state index contributed by atoms with van der Waals surface area (Å²) in [5, 5.41) is 33.0. The van der Waals surface area contributed by atoms with Gasteiger partial charge in [-0.25, -0.2) is 14.4 Å². The van der Waals surface area contributed by atoms with Gasteiger partial charge in [0.25, 0.3) is 0 Å². The molecule has 3 aromatic carbocycles. The molecule has 8 atom stereocenters. The summed E-state index contributed by atoms with van der Waals surface area (Å²) < 4.78 is 30.8. The number of carboxylic acid groups (broad SMARTS) is 1. The average molecular weight is 717 g/mol. The van der Waals surface area contributed by atoms with E-state index in [9.17, 15) is 24.6 Å². The molecule has 0 bridgehead atoms. The van der Waals surface area contributed by atoms with Crippen LogP contribution < -0.4 is 16.0 Å². The summed E-state index contributed by atoms with van der Waals surface area (Å²) in [6, 6.07) is 23.1. The van der Waals surface area contributed by atoms with Crippen molar-refractivity contribution in [3.05, 3.63) is 118 Å². The number of carbonyl (C=O) groups is 3. The topological polar surface area (TPSA) is 223 Å². The van der Waals surface area contributed by atoms with Gasteiger partial charge in [-0.1, -0.05) is 90.0 Å². The number of alkyl carbamates (subject to hydrolysis) is 2. The highest BCUT2D eigenvalue weighted by Crippen LogP contribution is 2.39. The number of fused-ring (bicyclic) bond motifs is 1. The quantitative estimate of drug-likeness (QED) is 0.0958. The largest absolute Gasteiger partial charge is 0.465 e. The molecule has 2 saturated heterocycles. The minimum atomic E-state index is -1.49. The van der Waals surface area contributed by atoms with Crippen LogP contribution >= 0.6 is 0 Å². The first kappa shape index (κ1) is 36.4. The summed E-state index contributed by atoms with van der Waals surface area (Å²) >= 11 is 0. The number of benzene rings is 3. The molecular formula is C36H40N6O10. The number of rotatable bonds is 13. The lowest BCUT2D eigenvalue weighted by Gasteiger charge is -2.49. The van der Waals surface area contributed by atoms with Crippen molar-refractivity contribution in [2.24, 2.45) is 5.11 Å². The zero-order chi connectivity index (χ0) is 36.5. The molecule has 5 N–H and O–H groups in total. The number of aliphatic hydroxyl groups excluding tert-OH is 1. The smallest absolute Gasteiger partial charge is 0.408 e. The molecule has 3 aliphatic rings. The summed E-state index contributed by atoms with van der Waals surface area (Å²) in [5.74, 6) is -1.48. The van der Waals surface area contributed by atoms with E-state index in [-0.39, 0.29) is 39.2 Å². The van der Waals surface area contributed by atoms with Gasteiger partial charge >= 0.3 is 18.3 Å². The minimum Gasteiger partial charge on any atom is -0.465 e. The van der Waals surface area contributed by atoms with Crippen LogP contribution in [0.2, 0.25) is 0 Å². The summed E-state index contributed by atoms with van der Waals surface area (Å²) in [7, 11) is 0. The molecule has 0 aromatic heterocycles. The number of hydrogen-bond acceptors (Lipinski definition) is 10. The highest BCUT2D eigenvalue weighted by molar-refractivity contribution is 5.71. The van der Waals surface area contributed by atoms with Crippen molar-refractivity contribution in [1.82, 2.24) is 16.0 Å². The Hall–Kier alpha value is -5.38. The van der Waals surface area contributed by atoms with Gasteiger partial charge in [-0.05, 0) is 34.2 Å². The van der Waals surface area contributed by atoms with Crippen LogP contribution in [-0.2, 0) is 49.9 Å². The summed E-state index contributed by atoms with van der Waals surface area (Å²) in [4.78, 5) is 40.4. The highest BCUT2D eigenvalue weighted by Gasteiger charge is 2.59. The summed E-state index contributed by atoms with van der Waals surface area (Å²) in [5.41, 5.74) is 12.0. The van der Waals surface area contributed by atoms with Crippen LogP contribution in [0.3, 0.4) is 0 Å². The monoisotopic (exact) mass is 716 g/mol. The Morgan fingerprint density at radius 3 is 2.31 bits per heavy atom. The Labute approximate surface area is 299 Å². The van der Waals surface area contributed by atoms with Crippen LogP contribution in [0.4, 0.5) is 14.4 Å². The van der Waals surface area contributed by atoms with Crippen LogP contribution in [0.5, 0.6) is 0 Å². The maximum absolute atomic E-state index is 13.5. The molecule has 0 unspecified atom stereocenters. The Morgan fingerprint density at radius 2 is 1.65 bits per heavy atom. The molecule has 3 aromatic rings. The van der Waals surface area contributed by atoms with Gasteiger partial charge in [-0.3, -0.25) is 0 Å². The Morgan fingerprint density at radius 1 is 0.981 bits per heavy atom. The van der Waals surface area contributed by atoms with E-state index in [1.807, 2.05) is 66.7 Å². The van der Waals surface area contributed by atoms with Crippen molar-refractivity contribution in [3.63, 3.8) is 0 Å². The molecule has 274 valence electrons. The van der Waals surface area contributed by atoms with E-state index < -0.39 is 66.6 Å². The number of nitrogens with zero attached hydrogens (tertiary/aromatic N) is 3. The molecule has 3 amide bonds. The van der Waals surface area contributed by atoms with Gasteiger partial charge < -0.3 is 49.8 Å². The number of nitrogens with one attached hydrogen (secondary N) is 3. The Balaban J connectivity index is 1.34. The average Bonchev–Trinajstić information content (AvgIpc) is 3.55. The molecule has 16 nitrogen and oxygen atoms in total. The first-order valence-electron chi connectivity index (χ1n) is 16.9.